The number of hydrogen-bond acceptors (Lipinski definition) is 8. The Morgan fingerprint density at radius 1 is 0.804 bits per heavy atom. The minimum atomic E-state index is -0.778. The van der Waals surface area contributed by atoms with Gasteiger partial charge in [-0.15, -0.1) is 16.4 Å². The topological polar surface area (TPSA) is 124 Å². The van der Waals surface area contributed by atoms with Gasteiger partial charge in [-0.05, 0) is 52.1 Å². The van der Waals surface area contributed by atoms with Crippen molar-refractivity contribution in [3.05, 3.63) is 195 Å². The van der Waals surface area contributed by atoms with E-state index in [9.17, 15) is 9.59 Å². The third-order valence-electron chi connectivity index (χ3n) is 9.32. The number of hydrogen-bond donors (Lipinski definition) is 2. The van der Waals surface area contributed by atoms with Gasteiger partial charge >= 0.3 is 6.01 Å². The van der Waals surface area contributed by atoms with Crippen LogP contribution in [0.2, 0.25) is 5.02 Å². The van der Waals surface area contributed by atoms with Crippen LogP contribution in [0.4, 0.5) is 0 Å². The van der Waals surface area contributed by atoms with E-state index in [0.717, 1.165) is 33.4 Å². The summed E-state index contributed by atoms with van der Waals surface area (Å²) in [6.07, 6.45) is 2.30. The summed E-state index contributed by atoms with van der Waals surface area (Å²) in [4.78, 5) is 38.2. The smallest absolute Gasteiger partial charge is 0.335 e. The molecule has 0 bridgehead atoms. The molecule has 10 nitrogen and oxygen atoms in total. The van der Waals surface area contributed by atoms with E-state index in [4.69, 9.17) is 26.2 Å². The molecule has 0 saturated heterocycles. The van der Waals surface area contributed by atoms with Gasteiger partial charge < -0.3 is 19.8 Å². The van der Waals surface area contributed by atoms with Crippen LogP contribution in [0.3, 0.4) is 0 Å². The van der Waals surface area contributed by atoms with Crippen molar-refractivity contribution in [2.75, 3.05) is 13.2 Å². The molecule has 278 valence electrons. The second-order valence-electron chi connectivity index (χ2n) is 12.9. The number of amides is 1. The molecule has 1 amide bonds. The Labute approximate surface area is 331 Å². The van der Waals surface area contributed by atoms with Crippen molar-refractivity contribution in [2.24, 2.45) is 0 Å². The fourth-order valence-electron chi connectivity index (χ4n) is 6.76. The highest BCUT2D eigenvalue weighted by Gasteiger charge is 2.39. The van der Waals surface area contributed by atoms with Gasteiger partial charge in [0.1, 0.15) is 22.4 Å². The first-order chi connectivity index (χ1) is 27.5. The zero-order chi connectivity index (χ0) is 38.3. The van der Waals surface area contributed by atoms with Crippen LogP contribution in [0, 0.1) is 0 Å². The van der Waals surface area contributed by atoms with Crippen molar-refractivity contribution in [3.63, 3.8) is 0 Å². The van der Waals surface area contributed by atoms with Crippen molar-refractivity contribution < 1.29 is 14.3 Å². The van der Waals surface area contributed by atoms with Crippen LogP contribution in [-0.2, 0) is 12.1 Å². The van der Waals surface area contributed by atoms with Crippen molar-refractivity contribution >= 4 is 39.1 Å². The number of benzene rings is 5. The fraction of sp³-hybridized carbons (Fsp3) is 0.114. The maximum absolute atomic E-state index is 13.1. The summed E-state index contributed by atoms with van der Waals surface area (Å²) in [5, 5.41) is 10.5. The van der Waals surface area contributed by atoms with Gasteiger partial charge in [-0.3, -0.25) is 9.59 Å². The number of ether oxygens (including phenoxy) is 2. The first kappa shape index (κ1) is 36.4. The summed E-state index contributed by atoms with van der Waals surface area (Å²) in [5.41, 5.74) is 4.30. The van der Waals surface area contributed by atoms with E-state index in [1.165, 1.54) is 11.3 Å². The number of nitrogens with zero attached hydrogens (tertiary/aromatic N) is 4. The standard InChI is InChI=1S/C44H35ClN6O4S/c45-35-21-11-14-31(26-35)37-28-56-42-38(37)40(52)48-39(49-42)41(53)46-27-30-13-10-22-36(25-30)54-23-12-24-55-43-47-29-51(50-43)44(32-15-4-1-5-16-32,33-17-6-2-7-18-33)34-19-8-3-9-20-34/h1-11,13-22,25-26,28-29H,12,23-24,27H2,(H,46,53)(H,48,49,52). The van der Waals surface area contributed by atoms with E-state index in [-0.39, 0.29) is 23.9 Å². The van der Waals surface area contributed by atoms with E-state index >= 15 is 0 Å². The number of thiophene rings is 1. The summed E-state index contributed by atoms with van der Waals surface area (Å²) in [5.74, 6) is 0.104. The first-order valence-electron chi connectivity index (χ1n) is 18.0. The predicted octanol–water partition coefficient (Wildman–Crippen LogP) is 8.51. The molecule has 2 N–H and O–H groups in total. The van der Waals surface area contributed by atoms with Crippen LogP contribution in [0.5, 0.6) is 11.8 Å². The molecular weight excluding hydrogens is 744 g/mol. The average Bonchev–Trinajstić information content (AvgIpc) is 3.90. The number of halogens is 1. The van der Waals surface area contributed by atoms with E-state index < -0.39 is 11.4 Å². The molecule has 0 spiro atoms. The first-order valence-corrected chi connectivity index (χ1v) is 19.2. The minimum Gasteiger partial charge on any atom is -0.493 e. The Morgan fingerprint density at radius 3 is 2.14 bits per heavy atom. The molecule has 0 saturated carbocycles. The number of aromatic amines is 1. The molecule has 3 heterocycles. The molecule has 8 aromatic rings. The average molecular weight is 779 g/mol. The molecular formula is C44H35ClN6O4S. The van der Waals surface area contributed by atoms with Gasteiger partial charge in [0.05, 0.1) is 18.6 Å². The summed E-state index contributed by atoms with van der Waals surface area (Å²) >= 11 is 7.46. The zero-order valence-corrected chi connectivity index (χ0v) is 31.5. The van der Waals surface area contributed by atoms with E-state index in [1.807, 2.05) is 101 Å². The number of aromatic nitrogens is 5. The summed E-state index contributed by atoms with van der Waals surface area (Å²) < 4.78 is 13.9. The Kier molecular flexibility index (Phi) is 10.7. The van der Waals surface area contributed by atoms with Gasteiger partial charge in [0.25, 0.3) is 11.5 Å². The third-order valence-corrected chi connectivity index (χ3v) is 10.4. The van der Waals surface area contributed by atoms with Crippen LogP contribution < -0.4 is 20.3 Å². The van der Waals surface area contributed by atoms with E-state index in [2.05, 4.69) is 56.7 Å². The molecule has 0 aliphatic carbocycles. The van der Waals surface area contributed by atoms with E-state index in [1.54, 1.807) is 18.5 Å². The number of carbonyl (C=O) groups excluding carboxylic acids is 1. The lowest BCUT2D eigenvalue weighted by molar-refractivity contribution is 0.0940. The number of rotatable bonds is 14. The molecule has 56 heavy (non-hydrogen) atoms. The second kappa shape index (κ2) is 16.4. The molecule has 0 aliphatic rings. The van der Waals surface area contributed by atoms with Gasteiger partial charge in [0.2, 0.25) is 5.82 Å². The molecule has 5 aromatic carbocycles. The van der Waals surface area contributed by atoms with Crippen LogP contribution in [0.15, 0.2) is 156 Å². The van der Waals surface area contributed by atoms with Crippen molar-refractivity contribution in [1.82, 2.24) is 30.0 Å². The zero-order valence-electron chi connectivity index (χ0n) is 30.0. The molecule has 0 atom stereocenters. The highest BCUT2D eigenvalue weighted by Crippen LogP contribution is 2.40. The molecule has 0 aliphatic heterocycles. The molecule has 12 heteroatoms. The highest BCUT2D eigenvalue weighted by atomic mass is 35.5. The van der Waals surface area contributed by atoms with Gasteiger partial charge in [-0.2, -0.15) is 4.98 Å². The Balaban J connectivity index is 0.879. The van der Waals surface area contributed by atoms with E-state index in [0.29, 0.717) is 40.6 Å². The maximum Gasteiger partial charge on any atom is 0.335 e. The number of nitrogens with one attached hydrogen (secondary N) is 2. The van der Waals surface area contributed by atoms with Gasteiger partial charge in [0.15, 0.2) is 0 Å². The summed E-state index contributed by atoms with van der Waals surface area (Å²) in [6.45, 7) is 0.945. The highest BCUT2D eigenvalue weighted by molar-refractivity contribution is 7.17. The quantitative estimate of drug-likeness (QED) is 0.0838. The Hall–Kier alpha value is -6.56. The van der Waals surface area contributed by atoms with Gasteiger partial charge in [0, 0.05) is 28.9 Å². The lowest BCUT2D eigenvalue weighted by Gasteiger charge is -2.35. The number of fused-ring (bicyclic) bond motifs is 1. The SMILES string of the molecule is O=C(NCc1cccc(OCCCOc2ncn(C(c3ccccc3)(c3ccccc3)c3ccccc3)n2)c1)c1nc2scc(-c3cccc(Cl)c3)c2c(=O)[nH]1. The third kappa shape index (κ3) is 7.55. The molecule has 8 rings (SSSR count). The van der Waals surface area contributed by atoms with Crippen LogP contribution in [0.1, 0.15) is 39.3 Å². The molecule has 0 fully saturated rings. The Bertz CT molecular complexity index is 2550. The van der Waals surface area contributed by atoms with Crippen LogP contribution >= 0.6 is 22.9 Å². The normalized spacial score (nSPS) is 11.4. The summed E-state index contributed by atoms with van der Waals surface area (Å²) in [6, 6.07) is 45.8. The monoisotopic (exact) mass is 778 g/mol. The molecule has 0 unspecified atom stereocenters. The lowest BCUT2D eigenvalue weighted by atomic mass is 9.77. The minimum absolute atomic E-state index is 0.0559. The largest absolute Gasteiger partial charge is 0.493 e. The second-order valence-corrected chi connectivity index (χ2v) is 14.2. The maximum atomic E-state index is 13.1. The Morgan fingerprint density at radius 2 is 1.46 bits per heavy atom. The van der Waals surface area contributed by atoms with Crippen molar-refractivity contribution in [2.45, 2.75) is 18.5 Å². The van der Waals surface area contributed by atoms with Crippen molar-refractivity contribution in [3.8, 4) is 22.9 Å². The van der Waals surface area contributed by atoms with Gasteiger partial charge in [-0.1, -0.05) is 127 Å². The van der Waals surface area contributed by atoms with Crippen LogP contribution in [-0.4, -0.2) is 43.9 Å². The molecule has 3 aromatic heterocycles. The fourth-order valence-corrected chi connectivity index (χ4v) is 7.90. The number of H-pyrrole nitrogens is 1. The lowest BCUT2D eigenvalue weighted by Crippen LogP contribution is -2.38. The van der Waals surface area contributed by atoms with Crippen LogP contribution in [0.25, 0.3) is 21.3 Å². The predicted molar refractivity (Wildman–Crippen MR) is 219 cm³/mol. The summed E-state index contributed by atoms with van der Waals surface area (Å²) in [7, 11) is 0. The number of carbonyl (C=O) groups is 1. The molecule has 0 radical (unpaired) electrons. The van der Waals surface area contributed by atoms with Crippen molar-refractivity contribution in [1.29, 1.82) is 0 Å². The van der Waals surface area contributed by atoms with Gasteiger partial charge in [-0.25, -0.2) is 9.67 Å².